The molecule has 2 rings (SSSR count). The van der Waals surface area contributed by atoms with Crippen LogP contribution >= 0.6 is 0 Å². The summed E-state index contributed by atoms with van der Waals surface area (Å²) in [5, 5.41) is 0. The van der Waals surface area contributed by atoms with E-state index in [1.807, 2.05) is 6.92 Å². The zero-order valence-corrected chi connectivity index (χ0v) is 11.0. The number of Topliss-reactive ketones (excluding diaryl/α,β-unsaturated/α-hetero) is 1. The van der Waals surface area contributed by atoms with Crippen molar-refractivity contribution in [2.24, 2.45) is 5.73 Å². The van der Waals surface area contributed by atoms with Crippen molar-refractivity contribution in [2.45, 2.75) is 19.8 Å². The van der Waals surface area contributed by atoms with Crippen molar-refractivity contribution in [3.8, 4) is 5.75 Å². The normalized spacial score (nSPS) is 13.7. The van der Waals surface area contributed by atoms with Gasteiger partial charge in [0.15, 0.2) is 5.78 Å². The summed E-state index contributed by atoms with van der Waals surface area (Å²) in [6, 6.07) is 5.19. The van der Waals surface area contributed by atoms with Gasteiger partial charge in [0.05, 0.1) is 12.2 Å². The number of fused-ring (bicyclic) bond motifs is 1. The Balaban J connectivity index is 2.35. The van der Waals surface area contributed by atoms with Crippen LogP contribution in [0.4, 0.5) is 5.69 Å². The topological polar surface area (TPSA) is 72.6 Å². The number of hydrogen-bond acceptors (Lipinski definition) is 4. The highest BCUT2D eigenvalue weighted by Crippen LogP contribution is 2.33. The average Bonchev–Trinajstić information content (AvgIpc) is 2.45. The van der Waals surface area contributed by atoms with Gasteiger partial charge in [0.2, 0.25) is 5.91 Å². The third-order valence-corrected chi connectivity index (χ3v) is 3.12. The Hall–Kier alpha value is -1.88. The van der Waals surface area contributed by atoms with E-state index in [1.165, 1.54) is 0 Å². The van der Waals surface area contributed by atoms with E-state index in [1.54, 1.807) is 23.1 Å². The number of carbonyl (C=O) groups is 2. The van der Waals surface area contributed by atoms with E-state index >= 15 is 0 Å². The van der Waals surface area contributed by atoms with E-state index in [0.29, 0.717) is 49.5 Å². The van der Waals surface area contributed by atoms with Crippen LogP contribution < -0.4 is 15.4 Å². The fourth-order valence-corrected chi connectivity index (χ4v) is 2.12. The van der Waals surface area contributed by atoms with Gasteiger partial charge < -0.3 is 15.4 Å². The third-order valence-electron chi connectivity index (χ3n) is 3.12. The lowest BCUT2D eigenvalue weighted by atomic mass is 10.1. The van der Waals surface area contributed by atoms with Gasteiger partial charge in [-0.25, -0.2) is 0 Å². The molecule has 1 amide bonds. The molecule has 0 saturated heterocycles. The maximum atomic E-state index is 11.9. The Kier molecular flexibility index (Phi) is 4.16. The first-order valence-corrected chi connectivity index (χ1v) is 6.47. The number of nitrogens with zero attached hydrogens (tertiary/aromatic N) is 1. The first kappa shape index (κ1) is 13.5. The largest absolute Gasteiger partial charge is 0.490 e. The van der Waals surface area contributed by atoms with Crippen LogP contribution in [0, 0.1) is 0 Å². The van der Waals surface area contributed by atoms with Gasteiger partial charge in [-0.05, 0) is 24.7 Å². The molecule has 1 heterocycles. The summed E-state index contributed by atoms with van der Waals surface area (Å²) in [6.07, 6.45) is 0.738. The second-order valence-corrected chi connectivity index (χ2v) is 4.39. The van der Waals surface area contributed by atoms with Crippen LogP contribution in [0.1, 0.15) is 30.1 Å². The Morgan fingerprint density at radius 3 is 2.89 bits per heavy atom. The molecule has 0 radical (unpaired) electrons. The molecule has 2 N–H and O–H groups in total. The zero-order chi connectivity index (χ0) is 13.8. The van der Waals surface area contributed by atoms with Gasteiger partial charge in [0, 0.05) is 18.4 Å². The maximum absolute atomic E-state index is 11.9. The van der Waals surface area contributed by atoms with Crippen LogP contribution in [0.5, 0.6) is 5.75 Å². The number of ketones is 1. The maximum Gasteiger partial charge on any atom is 0.226 e. The Morgan fingerprint density at radius 2 is 2.21 bits per heavy atom. The van der Waals surface area contributed by atoms with Crippen molar-refractivity contribution >= 4 is 17.4 Å². The summed E-state index contributed by atoms with van der Waals surface area (Å²) in [5.41, 5.74) is 6.65. The van der Waals surface area contributed by atoms with E-state index in [4.69, 9.17) is 10.5 Å². The van der Waals surface area contributed by atoms with Crippen LogP contribution in [-0.4, -0.2) is 31.4 Å². The first-order valence-electron chi connectivity index (χ1n) is 6.47. The van der Waals surface area contributed by atoms with Gasteiger partial charge in [-0.3, -0.25) is 9.59 Å². The van der Waals surface area contributed by atoms with Crippen molar-refractivity contribution in [1.29, 1.82) is 0 Å². The lowest BCUT2D eigenvalue weighted by molar-refractivity contribution is -0.118. The predicted molar refractivity (Wildman–Crippen MR) is 72.6 cm³/mol. The van der Waals surface area contributed by atoms with Crippen molar-refractivity contribution in [2.75, 3.05) is 24.6 Å². The number of nitrogens with two attached hydrogens (primary N) is 1. The van der Waals surface area contributed by atoms with E-state index < -0.39 is 0 Å². The van der Waals surface area contributed by atoms with Gasteiger partial charge in [0.25, 0.3) is 0 Å². The number of benzene rings is 1. The molecular weight excluding hydrogens is 244 g/mol. The minimum atomic E-state index is -0.0141. The molecule has 102 valence electrons. The highest BCUT2D eigenvalue weighted by Gasteiger charge is 2.23. The first-order chi connectivity index (χ1) is 9.17. The quantitative estimate of drug-likeness (QED) is 0.831. The zero-order valence-electron chi connectivity index (χ0n) is 11.0. The summed E-state index contributed by atoms with van der Waals surface area (Å²) in [4.78, 5) is 25.4. The lowest BCUT2D eigenvalue weighted by Crippen LogP contribution is -2.37. The Morgan fingerprint density at radius 1 is 1.42 bits per heavy atom. The standard InChI is InChI=1S/C14H18N2O3/c1-2-14(18)16-7-8-19-13-4-3-10(9-11(13)16)12(17)5-6-15/h3-4,9H,2,5-8,15H2,1H3. The number of amides is 1. The molecule has 1 aromatic rings. The fourth-order valence-electron chi connectivity index (χ4n) is 2.12. The SMILES string of the molecule is CCC(=O)N1CCOc2ccc(C(=O)CCN)cc21. The minimum absolute atomic E-state index is 0.0141. The average molecular weight is 262 g/mol. The van der Waals surface area contributed by atoms with Crippen molar-refractivity contribution in [3.05, 3.63) is 23.8 Å². The molecule has 0 saturated carbocycles. The summed E-state index contributed by atoms with van der Waals surface area (Å²) >= 11 is 0. The summed E-state index contributed by atoms with van der Waals surface area (Å²) < 4.78 is 5.51. The number of anilines is 1. The highest BCUT2D eigenvalue weighted by atomic mass is 16.5. The van der Waals surface area contributed by atoms with E-state index in [9.17, 15) is 9.59 Å². The van der Waals surface area contributed by atoms with Crippen LogP contribution in [0.15, 0.2) is 18.2 Å². The number of rotatable bonds is 4. The Bertz CT molecular complexity index is 499. The molecule has 19 heavy (non-hydrogen) atoms. The second-order valence-electron chi connectivity index (χ2n) is 4.39. The molecule has 0 atom stereocenters. The molecule has 0 aliphatic carbocycles. The molecule has 0 unspecified atom stereocenters. The fraction of sp³-hybridized carbons (Fsp3) is 0.429. The van der Waals surface area contributed by atoms with Crippen molar-refractivity contribution in [1.82, 2.24) is 0 Å². The molecule has 0 aromatic heterocycles. The number of hydrogen-bond donors (Lipinski definition) is 1. The molecule has 1 aliphatic rings. The molecule has 0 spiro atoms. The molecule has 1 aliphatic heterocycles. The second kappa shape index (κ2) is 5.84. The molecule has 1 aromatic carbocycles. The lowest BCUT2D eigenvalue weighted by Gasteiger charge is -2.29. The minimum Gasteiger partial charge on any atom is -0.490 e. The molecule has 5 nitrogen and oxygen atoms in total. The van der Waals surface area contributed by atoms with Crippen LogP contribution in [0.2, 0.25) is 0 Å². The predicted octanol–water partition coefficient (Wildman–Crippen LogP) is 1.35. The number of carbonyl (C=O) groups excluding carboxylic acids is 2. The van der Waals surface area contributed by atoms with Gasteiger partial charge in [-0.1, -0.05) is 6.92 Å². The highest BCUT2D eigenvalue weighted by molar-refractivity contribution is 6.00. The van der Waals surface area contributed by atoms with Gasteiger partial charge in [0.1, 0.15) is 12.4 Å². The van der Waals surface area contributed by atoms with E-state index in [2.05, 4.69) is 0 Å². The third kappa shape index (κ3) is 2.76. The van der Waals surface area contributed by atoms with Crippen LogP contribution in [-0.2, 0) is 4.79 Å². The van der Waals surface area contributed by atoms with Crippen LogP contribution in [0.3, 0.4) is 0 Å². The monoisotopic (exact) mass is 262 g/mol. The Labute approximate surface area is 112 Å². The van der Waals surface area contributed by atoms with E-state index in [0.717, 1.165) is 0 Å². The molecular formula is C14H18N2O3. The summed E-state index contributed by atoms with van der Waals surface area (Å²) in [5.74, 6) is 0.671. The van der Waals surface area contributed by atoms with Crippen LogP contribution in [0.25, 0.3) is 0 Å². The van der Waals surface area contributed by atoms with E-state index in [-0.39, 0.29) is 11.7 Å². The summed E-state index contributed by atoms with van der Waals surface area (Å²) in [7, 11) is 0. The molecule has 0 bridgehead atoms. The smallest absolute Gasteiger partial charge is 0.226 e. The number of ether oxygens (including phenoxy) is 1. The van der Waals surface area contributed by atoms with Gasteiger partial charge >= 0.3 is 0 Å². The summed E-state index contributed by atoms with van der Waals surface area (Å²) in [6.45, 7) is 3.15. The van der Waals surface area contributed by atoms with Gasteiger partial charge in [-0.15, -0.1) is 0 Å². The van der Waals surface area contributed by atoms with Crippen molar-refractivity contribution in [3.63, 3.8) is 0 Å². The molecule has 0 fully saturated rings. The van der Waals surface area contributed by atoms with Gasteiger partial charge in [-0.2, -0.15) is 0 Å². The molecule has 5 heteroatoms. The van der Waals surface area contributed by atoms with Crippen molar-refractivity contribution < 1.29 is 14.3 Å².